The third-order valence-electron chi connectivity index (χ3n) is 7.24. The van der Waals surface area contributed by atoms with Crippen LogP contribution in [0, 0.1) is 0 Å². The smallest absolute Gasteiger partial charge is 0.261 e. The molecule has 7 rings (SSSR count). The van der Waals surface area contributed by atoms with Gasteiger partial charge in [-0.05, 0) is 53.1 Å². The number of halogens is 2. The van der Waals surface area contributed by atoms with Crippen molar-refractivity contribution in [2.45, 2.75) is 18.9 Å². The standard InChI is InChI=1S/C30H24F2N6/c31-30(32)8-10-38(18-30)17-19-11-22(16-34-14-19)20-6-7-27-25(12-20)29(37-36-27)28-13-24-23(4-1-5-26(24)35-28)21-3-2-9-33-15-21/h1-7,9,11-16,35H,8,10,17-18H2,(H,36,37). The molecule has 0 atom stereocenters. The van der Waals surface area contributed by atoms with Crippen molar-refractivity contribution < 1.29 is 8.78 Å². The Labute approximate surface area is 217 Å². The van der Waals surface area contributed by atoms with E-state index >= 15 is 0 Å². The number of rotatable bonds is 5. The minimum atomic E-state index is -2.60. The van der Waals surface area contributed by atoms with Crippen LogP contribution in [0.3, 0.4) is 0 Å². The lowest BCUT2D eigenvalue weighted by molar-refractivity contribution is 0.0115. The zero-order chi connectivity index (χ0) is 25.7. The molecule has 0 radical (unpaired) electrons. The number of nitrogens with one attached hydrogen (secondary N) is 2. The van der Waals surface area contributed by atoms with Gasteiger partial charge in [-0.1, -0.05) is 24.3 Å². The number of hydrogen-bond donors (Lipinski definition) is 2. The first kappa shape index (κ1) is 22.7. The van der Waals surface area contributed by atoms with Gasteiger partial charge in [0.05, 0.1) is 17.8 Å². The lowest BCUT2D eigenvalue weighted by Gasteiger charge is -2.15. The minimum Gasteiger partial charge on any atom is -0.353 e. The van der Waals surface area contributed by atoms with Crippen molar-refractivity contribution in [2.75, 3.05) is 13.1 Å². The van der Waals surface area contributed by atoms with E-state index in [-0.39, 0.29) is 13.0 Å². The van der Waals surface area contributed by atoms with Crippen molar-refractivity contribution in [1.82, 2.24) is 30.0 Å². The van der Waals surface area contributed by atoms with Crippen LogP contribution < -0.4 is 0 Å². The van der Waals surface area contributed by atoms with Gasteiger partial charge in [0.25, 0.3) is 5.92 Å². The third-order valence-corrected chi connectivity index (χ3v) is 7.24. The number of hydrogen-bond acceptors (Lipinski definition) is 4. The Kier molecular flexibility index (Phi) is 5.30. The number of nitrogens with zero attached hydrogens (tertiary/aromatic N) is 4. The zero-order valence-corrected chi connectivity index (χ0v) is 20.5. The second-order valence-corrected chi connectivity index (χ2v) is 9.92. The number of benzene rings is 2. The number of alkyl halides is 2. The fraction of sp³-hybridized carbons (Fsp3) is 0.167. The van der Waals surface area contributed by atoms with E-state index in [0.717, 1.165) is 61.0 Å². The van der Waals surface area contributed by atoms with E-state index in [9.17, 15) is 8.78 Å². The van der Waals surface area contributed by atoms with Crippen LogP contribution in [-0.4, -0.2) is 49.1 Å². The normalized spacial score (nSPS) is 15.5. The summed E-state index contributed by atoms with van der Waals surface area (Å²) in [6.07, 6.45) is 7.13. The van der Waals surface area contributed by atoms with Gasteiger partial charge >= 0.3 is 0 Å². The van der Waals surface area contributed by atoms with Crippen molar-refractivity contribution in [2.24, 2.45) is 0 Å². The molecule has 38 heavy (non-hydrogen) atoms. The van der Waals surface area contributed by atoms with Gasteiger partial charge in [-0.3, -0.25) is 20.0 Å². The predicted octanol–water partition coefficient (Wildman–Crippen LogP) is 6.68. The highest BCUT2D eigenvalue weighted by Crippen LogP contribution is 2.35. The molecule has 2 aromatic carbocycles. The van der Waals surface area contributed by atoms with Crippen LogP contribution in [0.2, 0.25) is 0 Å². The van der Waals surface area contributed by atoms with Gasteiger partial charge < -0.3 is 4.98 Å². The van der Waals surface area contributed by atoms with E-state index in [0.29, 0.717) is 13.1 Å². The molecule has 6 nitrogen and oxygen atoms in total. The average molecular weight is 507 g/mol. The van der Waals surface area contributed by atoms with Crippen molar-refractivity contribution in [1.29, 1.82) is 0 Å². The van der Waals surface area contributed by atoms with E-state index in [1.807, 2.05) is 42.7 Å². The van der Waals surface area contributed by atoms with Crippen LogP contribution in [0.15, 0.2) is 85.5 Å². The summed E-state index contributed by atoms with van der Waals surface area (Å²) in [5.74, 6) is -2.60. The Morgan fingerprint density at radius 3 is 2.61 bits per heavy atom. The molecule has 4 aromatic heterocycles. The van der Waals surface area contributed by atoms with Crippen molar-refractivity contribution in [3.05, 3.63) is 91.0 Å². The minimum absolute atomic E-state index is 0.0858. The summed E-state index contributed by atoms with van der Waals surface area (Å²) < 4.78 is 27.3. The van der Waals surface area contributed by atoms with Crippen LogP contribution in [-0.2, 0) is 6.54 Å². The van der Waals surface area contributed by atoms with E-state index < -0.39 is 5.92 Å². The Morgan fingerprint density at radius 1 is 0.842 bits per heavy atom. The molecule has 6 aromatic rings. The maximum absolute atomic E-state index is 13.6. The second-order valence-electron chi connectivity index (χ2n) is 9.92. The monoisotopic (exact) mass is 506 g/mol. The molecule has 188 valence electrons. The zero-order valence-electron chi connectivity index (χ0n) is 20.5. The molecule has 8 heteroatoms. The molecule has 0 aliphatic carbocycles. The van der Waals surface area contributed by atoms with E-state index in [4.69, 9.17) is 0 Å². The number of aromatic amines is 2. The number of pyridine rings is 2. The Balaban J connectivity index is 1.24. The first-order chi connectivity index (χ1) is 18.5. The molecular formula is C30H24F2N6. The summed E-state index contributed by atoms with van der Waals surface area (Å²) in [6.45, 7) is 0.660. The maximum atomic E-state index is 13.6. The summed E-state index contributed by atoms with van der Waals surface area (Å²) in [5, 5.41) is 9.88. The first-order valence-corrected chi connectivity index (χ1v) is 12.6. The average Bonchev–Trinajstić information content (AvgIpc) is 3.64. The molecule has 1 fully saturated rings. The summed E-state index contributed by atoms with van der Waals surface area (Å²) in [7, 11) is 0. The molecule has 1 aliphatic rings. The Morgan fingerprint density at radius 2 is 1.76 bits per heavy atom. The largest absolute Gasteiger partial charge is 0.353 e. The number of H-pyrrole nitrogens is 2. The molecule has 5 heterocycles. The van der Waals surface area contributed by atoms with Gasteiger partial charge in [-0.25, -0.2) is 8.78 Å². The molecule has 1 aliphatic heterocycles. The fourth-order valence-electron chi connectivity index (χ4n) is 5.39. The molecule has 0 bridgehead atoms. The highest BCUT2D eigenvalue weighted by Gasteiger charge is 2.37. The highest BCUT2D eigenvalue weighted by atomic mass is 19.3. The van der Waals surface area contributed by atoms with Crippen LogP contribution in [0.5, 0.6) is 0 Å². The molecule has 2 N–H and O–H groups in total. The molecule has 0 spiro atoms. The molecule has 0 amide bonds. The quantitative estimate of drug-likeness (QED) is 0.274. The molecule has 0 saturated carbocycles. The number of likely N-dealkylation sites (tertiary alicyclic amines) is 1. The fourth-order valence-corrected chi connectivity index (χ4v) is 5.39. The van der Waals surface area contributed by atoms with Crippen LogP contribution in [0.4, 0.5) is 8.78 Å². The van der Waals surface area contributed by atoms with Crippen LogP contribution in [0.1, 0.15) is 12.0 Å². The maximum Gasteiger partial charge on any atom is 0.261 e. The predicted molar refractivity (Wildman–Crippen MR) is 145 cm³/mol. The second kappa shape index (κ2) is 8.85. The summed E-state index contributed by atoms with van der Waals surface area (Å²) in [4.78, 5) is 14.0. The van der Waals surface area contributed by atoms with Gasteiger partial charge in [0.2, 0.25) is 0 Å². The topological polar surface area (TPSA) is 73.5 Å². The van der Waals surface area contributed by atoms with E-state index in [2.05, 4.69) is 55.5 Å². The van der Waals surface area contributed by atoms with Crippen LogP contribution >= 0.6 is 0 Å². The van der Waals surface area contributed by atoms with Gasteiger partial charge in [0.1, 0.15) is 5.69 Å². The van der Waals surface area contributed by atoms with Crippen LogP contribution in [0.25, 0.3) is 55.4 Å². The summed E-state index contributed by atoms with van der Waals surface area (Å²) in [6, 6.07) is 20.5. The highest BCUT2D eigenvalue weighted by molar-refractivity contribution is 6.01. The van der Waals surface area contributed by atoms with Gasteiger partial charge in [-0.15, -0.1) is 0 Å². The van der Waals surface area contributed by atoms with Gasteiger partial charge in [0.15, 0.2) is 0 Å². The first-order valence-electron chi connectivity index (χ1n) is 12.6. The van der Waals surface area contributed by atoms with Crippen molar-refractivity contribution in [3.8, 4) is 33.6 Å². The lowest BCUT2D eigenvalue weighted by atomic mass is 10.0. The van der Waals surface area contributed by atoms with E-state index in [1.54, 1.807) is 17.3 Å². The molecule has 1 saturated heterocycles. The Bertz CT molecular complexity index is 1770. The van der Waals surface area contributed by atoms with Crippen molar-refractivity contribution in [3.63, 3.8) is 0 Å². The summed E-state index contributed by atoms with van der Waals surface area (Å²) in [5.41, 5.74) is 8.73. The third kappa shape index (κ3) is 4.13. The van der Waals surface area contributed by atoms with E-state index in [1.165, 1.54) is 0 Å². The molecular weight excluding hydrogens is 482 g/mol. The summed E-state index contributed by atoms with van der Waals surface area (Å²) >= 11 is 0. The number of fused-ring (bicyclic) bond motifs is 2. The molecule has 0 unspecified atom stereocenters. The lowest BCUT2D eigenvalue weighted by Crippen LogP contribution is -2.24. The van der Waals surface area contributed by atoms with Gasteiger partial charge in [0, 0.05) is 71.7 Å². The van der Waals surface area contributed by atoms with Gasteiger partial charge in [-0.2, -0.15) is 5.10 Å². The van der Waals surface area contributed by atoms with Crippen molar-refractivity contribution >= 4 is 21.8 Å². The Hall–Kier alpha value is -4.43. The SMILES string of the molecule is FC1(F)CCN(Cc2cncc(-c3ccc4[nH]nc(-c5cc6c(-c7cccnc7)cccc6[nH]5)c4c3)c2)C1. The number of aromatic nitrogens is 5.